The zero-order valence-electron chi connectivity index (χ0n) is 13.6. The summed E-state index contributed by atoms with van der Waals surface area (Å²) in [6.45, 7) is 2.28. The third kappa shape index (κ3) is 5.02. The van der Waals surface area contributed by atoms with Gasteiger partial charge in [-0.15, -0.1) is 0 Å². The predicted molar refractivity (Wildman–Crippen MR) is 87.2 cm³/mol. The van der Waals surface area contributed by atoms with E-state index in [9.17, 15) is 9.90 Å². The lowest BCUT2D eigenvalue weighted by Gasteiger charge is -2.23. The first kappa shape index (κ1) is 16.8. The topological polar surface area (TPSA) is 49.8 Å². The first-order chi connectivity index (χ1) is 10.6. The van der Waals surface area contributed by atoms with Crippen LogP contribution in [-0.2, 0) is 0 Å². The molecule has 22 heavy (non-hydrogen) atoms. The molecule has 1 unspecified atom stereocenters. The first-order valence-electron chi connectivity index (χ1n) is 8.26. The zero-order chi connectivity index (χ0) is 15.9. The molecule has 0 aromatic heterocycles. The van der Waals surface area contributed by atoms with Crippen molar-refractivity contribution in [2.75, 3.05) is 13.6 Å². The molecule has 4 heteroatoms. The number of carbonyl (C=O) groups is 1. The number of aliphatic hydroxyl groups excluding tert-OH is 1. The van der Waals surface area contributed by atoms with Crippen LogP contribution in [0.3, 0.4) is 0 Å². The summed E-state index contributed by atoms with van der Waals surface area (Å²) in [5.74, 6) is 0.819. The predicted octanol–water partition coefficient (Wildman–Crippen LogP) is 3.24. The van der Waals surface area contributed by atoms with Crippen molar-refractivity contribution < 1.29 is 14.6 Å². The molecule has 1 saturated carbocycles. The second-order valence-corrected chi connectivity index (χ2v) is 6.27. The van der Waals surface area contributed by atoms with Gasteiger partial charge in [0.2, 0.25) is 0 Å². The van der Waals surface area contributed by atoms with Gasteiger partial charge in [0.15, 0.2) is 0 Å². The largest absolute Gasteiger partial charge is 0.490 e. The monoisotopic (exact) mass is 305 g/mol. The molecule has 4 nitrogen and oxygen atoms in total. The number of ether oxygens (including phenoxy) is 1. The van der Waals surface area contributed by atoms with Crippen molar-refractivity contribution in [2.45, 2.75) is 57.7 Å². The van der Waals surface area contributed by atoms with Crippen molar-refractivity contribution >= 4 is 5.91 Å². The van der Waals surface area contributed by atoms with E-state index in [4.69, 9.17) is 4.74 Å². The zero-order valence-corrected chi connectivity index (χ0v) is 13.6. The van der Waals surface area contributed by atoms with Gasteiger partial charge in [0, 0.05) is 19.2 Å². The van der Waals surface area contributed by atoms with E-state index in [-0.39, 0.29) is 12.0 Å². The summed E-state index contributed by atoms with van der Waals surface area (Å²) in [7, 11) is 1.76. The molecule has 2 rings (SSSR count). The average molecular weight is 305 g/mol. The van der Waals surface area contributed by atoms with Crippen LogP contribution in [0.4, 0.5) is 0 Å². The van der Waals surface area contributed by atoms with Crippen LogP contribution in [0.2, 0.25) is 0 Å². The van der Waals surface area contributed by atoms with Crippen molar-refractivity contribution in [2.24, 2.45) is 0 Å². The molecule has 0 spiro atoms. The number of aliphatic hydroxyl groups is 1. The van der Waals surface area contributed by atoms with Gasteiger partial charge in [-0.3, -0.25) is 4.79 Å². The van der Waals surface area contributed by atoms with E-state index in [0.717, 1.165) is 18.6 Å². The molecular formula is C18H27NO3. The number of benzene rings is 1. The summed E-state index contributed by atoms with van der Waals surface area (Å²) in [4.78, 5) is 13.9. The first-order valence-corrected chi connectivity index (χ1v) is 8.26. The molecule has 0 radical (unpaired) electrons. The normalized spacial score (nSPS) is 17.0. The molecule has 0 aliphatic heterocycles. The summed E-state index contributed by atoms with van der Waals surface area (Å²) < 4.78 is 5.97. The Kier molecular flexibility index (Phi) is 6.25. The number of rotatable bonds is 6. The van der Waals surface area contributed by atoms with E-state index < -0.39 is 0 Å². The maximum Gasteiger partial charge on any atom is 0.253 e. The fourth-order valence-corrected chi connectivity index (χ4v) is 2.75. The van der Waals surface area contributed by atoms with E-state index in [1.54, 1.807) is 18.9 Å². The Bertz CT molecular complexity index is 464. The van der Waals surface area contributed by atoms with Crippen LogP contribution >= 0.6 is 0 Å². The van der Waals surface area contributed by atoms with Gasteiger partial charge >= 0.3 is 0 Å². The van der Waals surface area contributed by atoms with Crippen molar-refractivity contribution in [3.05, 3.63) is 29.8 Å². The van der Waals surface area contributed by atoms with Crippen LogP contribution in [0.25, 0.3) is 0 Å². The highest BCUT2D eigenvalue weighted by molar-refractivity contribution is 5.94. The number of amides is 1. The summed E-state index contributed by atoms with van der Waals surface area (Å²) in [5, 5.41) is 9.29. The van der Waals surface area contributed by atoms with Gasteiger partial charge in [0.05, 0.1) is 12.2 Å². The van der Waals surface area contributed by atoms with Gasteiger partial charge in [-0.25, -0.2) is 0 Å². The minimum absolute atomic E-state index is 0.0233. The van der Waals surface area contributed by atoms with Gasteiger partial charge < -0.3 is 14.7 Å². The number of nitrogens with zero attached hydrogens (tertiary/aromatic N) is 1. The molecular weight excluding hydrogens is 278 g/mol. The molecule has 0 saturated heterocycles. The number of carbonyl (C=O) groups excluding carboxylic acids is 1. The molecule has 1 fully saturated rings. The fourth-order valence-electron chi connectivity index (χ4n) is 2.75. The van der Waals surface area contributed by atoms with Crippen molar-refractivity contribution in [1.29, 1.82) is 0 Å². The molecule has 1 amide bonds. The maximum absolute atomic E-state index is 12.3. The molecule has 1 aromatic rings. The average Bonchev–Trinajstić information content (AvgIpc) is 2.53. The van der Waals surface area contributed by atoms with Crippen LogP contribution in [-0.4, -0.2) is 41.7 Å². The van der Waals surface area contributed by atoms with Crippen LogP contribution in [0.5, 0.6) is 5.75 Å². The van der Waals surface area contributed by atoms with E-state index in [2.05, 4.69) is 0 Å². The Balaban J connectivity index is 1.88. The fraction of sp³-hybridized carbons (Fsp3) is 0.611. The van der Waals surface area contributed by atoms with Crippen LogP contribution in [0, 0.1) is 0 Å². The van der Waals surface area contributed by atoms with Gasteiger partial charge in [-0.1, -0.05) is 6.42 Å². The number of hydrogen-bond acceptors (Lipinski definition) is 3. The van der Waals surface area contributed by atoms with Crippen LogP contribution < -0.4 is 4.74 Å². The van der Waals surface area contributed by atoms with Crippen molar-refractivity contribution in [1.82, 2.24) is 4.90 Å². The molecule has 1 aliphatic rings. The second-order valence-electron chi connectivity index (χ2n) is 6.27. The van der Waals surface area contributed by atoms with Crippen LogP contribution in [0.15, 0.2) is 24.3 Å². The molecule has 0 heterocycles. The highest BCUT2D eigenvalue weighted by atomic mass is 16.5. The minimum Gasteiger partial charge on any atom is -0.490 e. The molecule has 1 aromatic carbocycles. The minimum atomic E-state index is -0.387. The molecule has 1 aliphatic carbocycles. The van der Waals surface area contributed by atoms with E-state index in [1.807, 2.05) is 24.3 Å². The van der Waals surface area contributed by atoms with E-state index in [1.165, 1.54) is 19.3 Å². The van der Waals surface area contributed by atoms with Gasteiger partial charge in [0.1, 0.15) is 5.75 Å². The van der Waals surface area contributed by atoms with Crippen molar-refractivity contribution in [3.63, 3.8) is 0 Å². The molecule has 1 atom stereocenters. The van der Waals surface area contributed by atoms with Gasteiger partial charge in [0.25, 0.3) is 5.91 Å². The quantitative estimate of drug-likeness (QED) is 0.878. The standard InChI is InChI=1S/C18H27NO3/c1-14(20)12-13-19(2)18(21)15-8-10-17(11-9-15)22-16-6-4-3-5-7-16/h8-11,14,16,20H,3-7,12-13H2,1-2H3. The molecule has 1 N–H and O–H groups in total. The molecule has 122 valence electrons. The molecule has 0 bridgehead atoms. The smallest absolute Gasteiger partial charge is 0.253 e. The SMILES string of the molecule is CC(O)CCN(C)C(=O)c1ccc(OC2CCCCC2)cc1. The van der Waals surface area contributed by atoms with Gasteiger partial charge in [-0.2, -0.15) is 0 Å². The third-order valence-corrected chi connectivity index (χ3v) is 4.19. The van der Waals surface area contributed by atoms with E-state index in [0.29, 0.717) is 24.6 Å². The third-order valence-electron chi connectivity index (χ3n) is 4.19. The highest BCUT2D eigenvalue weighted by Gasteiger charge is 2.16. The Morgan fingerprint density at radius 2 is 1.91 bits per heavy atom. The van der Waals surface area contributed by atoms with Crippen molar-refractivity contribution in [3.8, 4) is 5.75 Å². The lowest BCUT2D eigenvalue weighted by atomic mass is 9.98. The second kappa shape index (κ2) is 8.18. The number of hydrogen-bond donors (Lipinski definition) is 1. The van der Waals surface area contributed by atoms with Crippen LogP contribution in [0.1, 0.15) is 55.8 Å². The van der Waals surface area contributed by atoms with E-state index >= 15 is 0 Å². The summed E-state index contributed by atoms with van der Waals surface area (Å²) in [5.41, 5.74) is 0.657. The Morgan fingerprint density at radius 1 is 1.27 bits per heavy atom. The lowest BCUT2D eigenvalue weighted by Crippen LogP contribution is -2.29. The Hall–Kier alpha value is -1.55. The Labute approximate surface area is 133 Å². The summed E-state index contributed by atoms with van der Waals surface area (Å²) >= 11 is 0. The Morgan fingerprint density at radius 3 is 2.50 bits per heavy atom. The lowest BCUT2D eigenvalue weighted by molar-refractivity contribution is 0.0769. The summed E-state index contributed by atoms with van der Waals surface area (Å²) in [6, 6.07) is 7.40. The maximum atomic E-state index is 12.3. The summed E-state index contributed by atoms with van der Waals surface area (Å²) in [6.07, 6.45) is 6.58. The highest BCUT2D eigenvalue weighted by Crippen LogP contribution is 2.23. The van der Waals surface area contributed by atoms with Gasteiger partial charge in [-0.05, 0) is 63.3 Å².